The fourth-order valence-corrected chi connectivity index (χ4v) is 1.44. The first-order valence-electron chi connectivity index (χ1n) is 5.00. The summed E-state index contributed by atoms with van der Waals surface area (Å²) in [6, 6.07) is 0. The van der Waals surface area contributed by atoms with Crippen molar-refractivity contribution in [3.8, 4) is 0 Å². The third-order valence-corrected chi connectivity index (χ3v) is 2.67. The molecule has 0 unspecified atom stereocenters. The predicted molar refractivity (Wildman–Crippen MR) is 50.6 cm³/mol. The van der Waals surface area contributed by atoms with E-state index in [0.29, 0.717) is 6.61 Å². The molecule has 78 valence electrons. The van der Waals surface area contributed by atoms with Crippen LogP contribution in [0.5, 0.6) is 0 Å². The second-order valence-electron chi connectivity index (χ2n) is 3.56. The van der Waals surface area contributed by atoms with Crippen LogP contribution in [0.25, 0.3) is 0 Å². The summed E-state index contributed by atoms with van der Waals surface area (Å²) in [4.78, 5) is 0. The highest BCUT2D eigenvalue weighted by molar-refractivity contribution is 4.68. The maximum Gasteiger partial charge on any atom is 0.180 e. The first-order chi connectivity index (χ1) is 6.36. The number of ether oxygens (including phenoxy) is 3. The van der Waals surface area contributed by atoms with Gasteiger partial charge in [-0.1, -0.05) is 19.3 Å². The lowest BCUT2D eigenvalue weighted by Gasteiger charge is -2.25. The summed E-state index contributed by atoms with van der Waals surface area (Å²) >= 11 is 0. The van der Waals surface area contributed by atoms with E-state index < -0.39 is 0 Å². The highest BCUT2D eigenvalue weighted by Crippen LogP contribution is 2.29. The molecule has 0 atom stereocenters. The molecule has 3 nitrogen and oxygen atoms in total. The molecule has 0 aromatic rings. The maximum absolute atomic E-state index is 5.43. The number of rotatable bonds is 7. The third-order valence-electron chi connectivity index (χ3n) is 2.67. The molecule has 13 heavy (non-hydrogen) atoms. The summed E-state index contributed by atoms with van der Waals surface area (Å²) in [5, 5.41) is 0. The Morgan fingerprint density at radius 1 is 1.23 bits per heavy atom. The molecule has 0 aromatic heterocycles. The fourth-order valence-electron chi connectivity index (χ4n) is 1.44. The molecule has 0 saturated heterocycles. The summed E-state index contributed by atoms with van der Waals surface area (Å²) in [5.74, 6) is 0.920. The minimum atomic E-state index is -0.207. The summed E-state index contributed by atoms with van der Waals surface area (Å²) < 4.78 is 15.4. The van der Waals surface area contributed by atoms with Gasteiger partial charge in [0.25, 0.3) is 0 Å². The van der Waals surface area contributed by atoms with E-state index in [4.69, 9.17) is 14.2 Å². The SMILES string of the molecule is COC(COCCC1CCC1)OC. The van der Waals surface area contributed by atoms with Crippen molar-refractivity contribution < 1.29 is 14.2 Å². The van der Waals surface area contributed by atoms with E-state index in [9.17, 15) is 0 Å². The first-order valence-corrected chi connectivity index (χ1v) is 5.00. The lowest BCUT2D eigenvalue weighted by atomic mass is 9.83. The van der Waals surface area contributed by atoms with Crippen LogP contribution in [0.2, 0.25) is 0 Å². The van der Waals surface area contributed by atoms with Gasteiger partial charge in [0.15, 0.2) is 6.29 Å². The van der Waals surface area contributed by atoms with Gasteiger partial charge in [0.2, 0.25) is 0 Å². The van der Waals surface area contributed by atoms with Crippen molar-refractivity contribution in [1.82, 2.24) is 0 Å². The van der Waals surface area contributed by atoms with Crippen molar-refractivity contribution in [3.63, 3.8) is 0 Å². The highest BCUT2D eigenvalue weighted by Gasteiger charge is 2.16. The molecule has 1 rings (SSSR count). The van der Waals surface area contributed by atoms with Crippen molar-refractivity contribution >= 4 is 0 Å². The van der Waals surface area contributed by atoms with E-state index in [2.05, 4.69) is 0 Å². The van der Waals surface area contributed by atoms with E-state index >= 15 is 0 Å². The molecule has 0 spiro atoms. The standard InChI is InChI=1S/C10H20O3/c1-11-10(12-2)8-13-7-6-9-4-3-5-9/h9-10H,3-8H2,1-2H3. The lowest BCUT2D eigenvalue weighted by Crippen LogP contribution is -2.21. The average Bonchev–Trinajstić information content (AvgIpc) is 2.08. The Kier molecular flexibility index (Phi) is 5.35. The lowest BCUT2D eigenvalue weighted by molar-refractivity contribution is -0.141. The van der Waals surface area contributed by atoms with Gasteiger partial charge in [-0.3, -0.25) is 0 Å². The van der Waals surface area contributed by atoms with Crippen molar-refractivity contribution in [2.75, 3.05) is 27.4 Å². The first kappa shape index (κ1) is 11.0. The largest absolute Gasteiger partial charge is 0.376 e. The van der Waals surface area contributed by atoms with Gasteiger partial charge in [-0.2, -0.15) is 0 Å². The molecule has 0 heterocycles. The molecular weight excluding hydrogens is 168 g/mol. The predicted octanol–water partition coefficient (Wildman–Crippen LogP) is 1.81. The van der Waals surface area contributed by atoms with Gasteiger partial charge in [0, 0.05) is 20.8 Å². The zero-order valence-electron chi connectivity index (χ0n) is 8.62. The highest BCUT2D eigenvalue weighted by atomic mass is 16.7. The van der Waals surface area contributed by atoms with Gasteiger partial charge in [-0.25, -0.2) is 0 Å². The van der Waals surface area contributed by atoms with Crippen LogP contribution in [0.1, 0.15) is 25.7 Å². The molecular formula is C10H20O3. The van der Waals surface area contributed by atoms with Crippen molar-refractivity contribution in [1.29, 1.82) is 0 Å². The Labute approximate surface area is 80.4 Å². The zero-order chi connectivity index (χ0) is 9.52. The Morgan fingerprint density at radius 2 is 1.92 bits per heavy atom. The molecule has 1 aliphatic rings. The summed E-state index contributed by atoms with van der Waals surface area (Å²) in [6.07, 6.45) is 5.17. The van der Waals surface area contributed by atoms with E-state index in [-0.39, 0.29) is 6.29 Å². The Hall–Kier alpha value is -0.120. The van der Waals surface area contributed by atoms with Gasteiger partial charge < -0.3 is 14.2 Å². The molecule has 1 fully saturated rings. The monoisotopic (exact) mass is 188 g/mol. The van der Waals surface area contributed by atoms with E-state index in [1.54, 1.807) is 14.2 Å². The van der Waals surface area contributed by atoms with Gasteiger partial charge in [-0.05, 0) is 12.3 Å². The second-order valence-corrected chi connectivity index (χ2v) is 3.56. The number of hydrogen-bond donors (Lipinski definition) is 0. The van der Waals surface area contributed by atoms with Crippen LogP contribution in [-0.2, 0) is 14.2 Å². The van der Waals surface area contributed by atoms with Crippen LogP contribution in [-0.4, -0.2) is 33.7 Å². The van der Waals surface area contributed by atoms with Crippen LogP contribution in [0, 0.1) is 5.92 Å². The van der Waals surface area contributed by atoms with Gasteiger partial charge in [-0.15, -0.1) is 0 Å². The smallest absolute Gasteiger partial charge is 0.180 e. The van der Waals surface area contributed by atoms with Crippen LogP contribution >= 0.6 is 0 Å². The summed E-state index contributed by atoms with van der Waals surface area (Å²) in [7, 11) is 3.26. The van der Waals surface area contributed by atoms with Crippen molar-refractivity contribution in [3.05, 3.63) is 0 Å². The number of hydrogen-bond acceptors (Lipinski definition) is 3. The quantitative estimate of drug-likeness (QED) is 0.450. The van der Waals surface area contributed by atoms with Crippen LogP contribution in [0.4, 0.5) is 0 Å². The molecule has 0 aliphatic heterocycles. The number of methoxy groups -OCH3 is 2. The molecule has 0 amide bonds. The molecule has 1 saturated carbocycles. The van der Waals surface area contributed by atoms with Crippen molar-refractivity contribution in [2.24, 2.45) is 5.92 Å². The maximum atomic E-state index is 5.43. The van der Waals surface area contributed by atoms with Gasteiger partial charge in [0.05, 0.1) is 6.61 Å². The van der Waals surface area contributed by atoms with Crippen molar-refractivity contribution in [2.45, 2.75) is 32.0 Å². The Morgan fingerprint density at radius 3 is 2.38 bits per heavy atom. The van der Waals surface area contributed by atoms with Gasteiger partial charge >= 0.3 is 0 Å². The van der Waals surface area contributed by atoms with Crippen LogP contribution in [0.15, 0.2) is 0 Å². The topological polar surface area (TPSA) is 27.7 Å². The molecule has 1 aliphatic carbocycles. The third kappa shape index (κ3) is 4.07. The Balaban J connectivity index is 1.87. The molecule has 0 aromatic carbocycles. The average molecular weight is 188 g/mol. The van der Waals surface area contributed by atoms with E-state index in [1.807, 2.05) is 0 Å². The molecule has 0 N–H and O–H groups in total. The van der Waals surface area contributed by atoms with E-state index in [0.717, 1.165) is 12.5 Å². The van der Waals surface area contributed by atoms with Crippen LogP contribution < -0.4 is 0 Å². The normalized spacial score (nSPS) is 17.8. The molecule has 0 bridgehead atoms. The van der Waals surface area contributed by atoms with Crippen LogP contribution in [0.3, 0.4) is 0 Å². The second kappa shape index (κ2) is 6.35. The Bertz CT molecular complexity index is 119. The summed E-state index contributed by atoms with van der Waals surface area (Å²) in [6.45, 7) is 1.38. The summed E-state index contributed by atoms with van der Waals surface area (Å²) in [5.41, 5.74) is 0. The minimum absolute atomic E-state index is 0.207. The molecule has 0 radical (unpaired) electrons. The minimum Gasteiger partial charge on any atom is -0.376 e. The van der Waals surface area contributed by atoms with E-state index in [1.165, 1.54) is 25.7 Å². The fraction of sp³-hybridized carbons (Fsp3) is 1.00. The zero-order valence-corrected chi connectivity index (χ0v) is 8.62. The van der Waals surface area contributed by atoms with Gasteiger partial charge in [0.1, 0.15) is 0 Å². The molecule has 3 heteroatoms.